The topological polar surface area (TPSA) is 88.0 Å². The maximum atomic E-state index is 15.2. The molecular weight excluding hydrogens is 405 g/mol. The number of thiazole rings is 1. The summed E-state index contributed by atoms with van der Waals surface area (Å²) < 4.78 is 16.9. The molecule has 0 bridgehead atoms. The first-order chi connectivity index (χ1) is 14.3. The van der Waals surface area contributed by atoms with Gasteiger partial charge < -0.3 is 20.1 Å². The Morgan fingerprint density at radius 2 is 2.00 bits per heavy atom. The van der Waals surface area contributed by atoms with Crippen molar-refractivity contribution in [1.82, 2.24) is 4.40 Å². The number of allylic oxidation sites excluding steroid dienone is 1. The van der Waals surface area contributed by atoms with Crippen LogP contribution in [0.1, 0.15) is 23.0 Å². The minimum absolute atomic E-state index is 0.0497. The third-order valence-corrected chi connectivity index (χ3v) is 7.73. The highest BCUT2D eigenvalue weighted by molar-refractivity contribution is 7.16. The van der Waals surface area contributed by atoms with Crippen LogP contribution >= 0.6 is 11.3 Å². The Morgan fingerprint density at radius 1 is 1.27 bits per heavy atom. The van der Waals surface area contributed by atoms with Crippen LogP contribution < -0.4 is 16.1 Å². The van der Waals surface area contributed by atoms with Crippen molar-refractivity contribution in [2.45, 2.75) is 19.9 Å². The molecule has 3 aromatic rings. The van der Waals surface area contributed by atoms with Gasteiger partial charge in [0.2, 0.25) is 5.43 Å². The number of aromatic carboxylic acids is 1. The van der Waals surface area contributed by atoms with E-state index in [2.05, 4.69) is 13.0 Å². The molecule has 0 spiro atoms. The van der Waals surface area contributed by atoms with E-state index < -0.39 is 17.2 Å². The summed E-state index contributed by atoms with van der Waals surface area (Å²) in [6.45, 7) is 5.35. The number of benzene rings is 1. The number of hydrogen-bond acceptors (Lipinski definition) is 5. The van der Waals surface area contributed by atoms with Gasteiger partial charge in [-0.3, -0.25) is 4.79 Å². The minimum atomic E-state index is -1.30. The molecule has 0 saturated carbocycles. The Hall–Kier alpha value is -2.71. The predicted octanol–water partition coefficient (Wildman–Crippen LogP) is 3.25. The zero-order chi connectivity index (χ0) is 21.3. The van der Waals surface area contributed by atoms with E-state index in [9.17, 15) is 14.7 Å². The maximum Gasteiger partial charge on any atom is 0.342 e. The molecule has 1 aromatic carbocycles. The highest BCUT2D eigenvalue weighted by atomic mass is 32.1. The molecule has 5 rings (SSSR count). The molecule has 6 nitrogen and oxygen atoms in total. The molecule has 3 N–H and O–H groups in total. The number of rotatable bonds is 2. The lowest BCUT2D eigenvalue weighted by Gasteiger charge is -2.30. The number of halogens is 1. The molecule has 2 aliphatic rings. The molecular formula is C22H22FN3O3S. The van der Waals surface area contributed by atoms with E-state index in [1.165, 1.54) is 17.4 Å². The van der Waals surface area contributed by atoms with Gasteiger partial charge in [-0.15, -0.1) is 11.3 Å². The Kier molecular flexibility index (Phi) is 4.27. The van der Waals surface area contributed by atoms with E-state index >= 15 is 4.39 Å². The van der Waals surface area contributed by atoms with Crippen LogP contribution in [0.15, 0.2) is 34.5 Å². The zero-order valence-electron chi connectivity index (χ0n) is 16.6. The quantitative estimate of drug-likeness (QED) is 0.613. The second-order valence-corrected chi connectivity index (χ2v) is 9.26. The van der Waals surface area contributed by atoms with Gasteiger partial charge in [0.25, 0.3) is 0 Å². The standard InChI is InChI=1S/C22H22FN3O3S/c1-10-3-4-16(24)14-8-25(7-13(10)14)18-6-17-12(5-15(18)23)20(27)19(22(28)29)21-26(17)11(2)9-30-21/h3-6,9-10,13-14,16H,7-8,24H2,1-2H3,(H,28,29). The van der Waals surface area contributed by atoms with Gasteiger partial charge in [0, 0.05) is 36.1 Å². The van der Waals surface area contributed by atoms with Crippen molar-refractivity contribution in [3.05, 3.63) is 57.0 Å². The molecule has 2 aromatic heterocycles. The van der Waals surface area contributed by atoms with E-state index in [1.54, 1.807) is 15.8 Å². The third-order valence-electron chi connectivity index (χ3n) is 6.66. The molecule has 4 unspecified atom stereocenters. The number of anilines is 1. The summed E-state index contributed by atoms with van der Waals surface area (Å²) in [4.78, 5) is 27.0. The second kappa shape index (κ2) is 6.65. The van der Waals surface area contributed by atoms with Crippen LogP contribution in [0.3, 0.4) is 0 Å². The highest BCUT2D eigenvalue weighted by Crippen LogP contribution is 2.39. The van der Waals surface area contributed by atoms with Gasteiger partial charge in [-0.25, -0.2) is 9.18 Å². The van der Waals surface area contributed by atoms with E-state index in [4.69, 9.17) is 5.73 Å². The van der Waals surface area contributed by atoms with Crippen LogP contribution in [-0.4, -0.2) is 34.6 Å². The number of nitrogens with zero attached hydrogens (tertiary/aromatic N) is 2. The fraction of sp³-hybridized carbons (Fsp3) is 0.364. The van der Waals surface area contributed by atoms with Crippen molar-refractivity contribution in [2.75, 3.05) is 18.0 Å². The summed E-state index contributed by atoms with van der Waals surface area (Å²) in [7, 11) is 0. The second-order valence-electron chi connectivity index (χ2n) is 8.40. The van der Waals surface area contributed by atoms with Gasteiger partial charge >= 0.3 is 5.97 Å². The number of aryl methyl sites for hydroxylation is 1. The summed E-state index contributed by atoms with van der Waals surface area (Å²) in [6, 6.07) is 2.82. The molecule has 1 aliphatic heterocycles. The number of carbonyl (C=O) groups is 1. The monoisotopic (exact) mass is 427 g/mol. The Morgan fingerprint density at radius 3 is 2.70 bits per heavy atom. The molecule has 1 saturated heterocycles. The Labute approximate surface area is 176 Å². The van der Waals surface area contributed by atoms with E-state index in [0.717, 1.165) is 5.69 Å². The third kappa shape index (κ3) is 2.63. The fourth-order valence-electron chi connectivity index (χ4n) is 5.06. The number of hydrogen-bond donors (Lipinski definition) is 2. The molecule has 1 aliphatic carbocycles. The molecule has 4 atom stereocenters. The Balaban J connectivity index is 1.71. The van der Waals surface area contributed by atoms with Crippen LogP contribution in [0, 0.1) is 30.5 Å². The van der Waals surface area contributed by atoms with Crippen molar-refractivity contribution in [2.24, 2.45) is 23.5 Å². The van der Waals surface area contributed by atoms with Crippen molar-refractivity contribution < 1.29 is 14.3 Å². The van der Waals surface area contributed by atoms with Gasteiger partial charge in [-0.05, 0) is 30.9 Å². The normalized spacial score (nSPS) is 25.9. The number of fused-ring (bicyclic) bond motifs is 4. The lowest BCUT2D eigenvalue weighted by Crippen LogP contribution is -2.38. The van der Waals surface area contributed by atoms with Gasteiger partial charge in [0.1, 0.15) is 16.2 Å². The summed E-state index contributed by atoms with van der Waals surface area (Å²) in [6.07, 6.45) is 4.18. The molecule has 0 amide bonds. The summed E-state index contributed by atoms with van der Waals surface area (Å²) >= 11 is 1.21. The average molecular weight is 428 g/mol. The first-order valence-corrected chi connectivity index (χ1v) is 10.8. The summed E-state index contributed by atoms with van der Waals surface area (Å²) in [5, 5.41) is 11.5. The van der Waals surface area contributed by atoms with Crippen molar-refractivity contribution in [1.29, 1.82) is 0 Å². The summed E-state index contributed by atoms with van der Waals surface area (Å²) in [5.74, 6) is -0.850. The zero-order valence-corrected chi connectivity index (χ0v) is 17.4. The molecule has 0 radical (unpaired) electrons. The first-order valence-electron chi connectivity index (χ1n) is 9.96. The number of nitrogens with two attached hydrogens (primary N) is 1. The molecule has 30 heavy (non-hydrogen) atoms. The van der Waals surface area contributed by atoms with Crippen LogP contribution in [0.2, 0.25) is 0 Å². The number of carboxylic acid groups (broad SMARTS) is 1. The number of aromatic nitrogens is 1. The lowest BCUT2D eigenvalue weighted by molar-refractivity contribution is 0.0697. The SMILES string of the molecule is Cc1csc2c(C(=O)O)c(=O)c3cc(F)c(N4CC5C(C)C=CC(N)C5C4)cc3n12. The maximum absolute atomic E-state index is 15.2. The highest BCUT2D eigenvalue weighted by Gasteiger charge is 2.41. The van der Waals surface area contributed by atoms with E-state index in [-0.39, 0.29) is 22.9 Å². The number of carboxylic acids is 1. The fourth-order valence-corrected chi connectivity index (χ4v) is 6.09. The van der Waals surface area contributed by atoms with E-state index in [0.29, 0.717) is 41.0 Å². The van der Waals surface area contributed by atoms with Gasteiger partial charge in [-0.2, -0.15) is 0 Å². The van der Waals surface area contributed by atoms with Crippen LogP contribution in [0.25, 0.3) is 15.7 Å². The number of pyridine rings is 1. The predicted molar refractivity (Wildman–Crippen MR) is 116 cm³/mol. The first kappa shape index (κ1) is 19.3. The molecule has 156 valence electrons. The van der Waals surface area contributed by atoms with Crippen molar-refractivity contribution in [3.8, 4) is 0 Å². The molecule has 3 heterocycles. The van der Waals surface area contributed by atoms with Gasteiger partial charge in [0.05, 0.1) is 16.6 Å². The summed E-state index contributed by atoms with van der Waals surface area (Å²) in [5.41, 5.74) is 7.08. The van der Waals surface area contributed by atoms with E-state index in [1.807, 2.05) is 17.9 Å². The minimum Gasteiger partial charge on any atom is -0.477 e. The van der Waals surface area contributed by atoms with Gasteiger partial charge in [-0.1, -0.05) is 19.1 Å². The Bertz CT molecular complexity index is 1270. The van der Waals surface area contributed by atoms with Crippen molar-refractivity contribution in [3.63, 3.8) is 0 Å². The van der Waals surface area contributed by atoms with Crippen LogP contribution in [0.4, 0.5) is 10.1 Å². The van der Waals surface area contributed by atoms with Gasteiger partial charge in [0.15, 0.2) is 0 Å². The average Bonchev–Trinajstić information content (AvgIpc) is 3.30. The van der Waals surface area contributed by atoms with Crippen LogP contribution in [0.5, 0.6) is 0 Å². The molecule has 1 fully saturated rings. The molecule has 8 heteroatoms. The largest absolute Gasteiger partial charge is 0.477 e. The smallest absolute Gasteiger partial charge is 0.342 e. The van der Waals surface area contributed by atoms with Crippen LogP contribution in [-0.2, 0) is 0 Å². The van der Waals surface area contributed by atoms with Crippen molar-refractivity contribution >= 4 is 38.7 Å². The lowest BCUT2D eigenvalue weighted by atomic mass is 9.77.